The number of nitrogens with zero attached hydrogens (tertiary/aromatic N) is 5. The zero-order chi connectivity index (χ0) is 30.0. The Morgan fingerprint density at radius 3 is 2.64 bits per heavy atom. The van der Waals surface area contributed by atoms with Gasteiger partial charge in [-0.3, -0.25) is 19.0 Å². The number of aliphatic hydroxyl groups excluding tert-OH is 3. The summed E-state index contributed by atoms with van der Waals surface area (Å²) >= 11 is 0. The second-order valence-electron chi connectivity index (χ2n) is 11.6. The molecule has 1 fully saturated rings. The van der Waals surface area contributed by atoms with E-state index in [4.69, 9.17) is 4.74 Å². The number of fused-ring (bicyclic) bond motifs is 1. The molecule has 0 aliphatic carbocycles. The van der Waals surface area contributed by atoms with Crippen LogP contribution in [0.1, 0.15) is 58.9 Å². The second-order valence-corrected chi connectivity index (χ2v) is 11.6. The van der Waals surface area contributed by atoms with Gasteiger partial charge in [0.1, 0.15) is 18.0 Å². The summed E-state index contributed by atoms with van der Waals surface area (Å²) in [4.78, 5) is 32.6. The number of amides is 2. The Balaban J connectivity index is 1.23. The fourth-order valence-corrected chi connectivity index (χ4v) is 5.03. The third-order valence-corrected chi connectivity index (χ3v) is 7.93. The molecular weight excluding hydrogens is 542 g/mol. The number of pyridine rings is 2. The highest BCUT2D eigenvalue weighted by atomic mass is 16.5. The number of aliphatic hydroxyl groups is 3. The highest BCUT2D eigenvalue weighted by Gasteiger charge is 2.32. The number of hydrogen-bond acceptors (Lipinski definition) is 10. The van der Waals surface area contributed by atoms with Crippen molar-refractivity contribution in [2.75, 3.05) is 38.1 Å². The second kappa shape index (κ2) is 12.1. The number of ether oxygens (including phenoxy) is 1. The number of rotatable bonds is 8. The van der Waals surface area contributed by atoms with Crippen LogP contribution < -0.4 is 10.6 Å². The third kappa shape index (κ3) is 6.44. The maximum Gasteiger partial charge on any atom is 0.294 e. The quantitative estimate of drug-likeness (QED) is 0.259. The molecule has 42 heavy (non-hydrogen) atoms. The van der Waals surface area contributed by atoms with E-state index in [-0.39, 0.29) is 17.5 Å². The first-order valence-electron chi connectivity index (χ1n) is 14.0. The number of nitrogens with one attached hydrogen (secondary N) is 2. The summed E-state index contributed by atoms with van der Waals surface area (Å²) in [5.74, 6) is -0.536. The maximum absolute atomic E-state index is 13.2. The van der Waals surface area contributed by atoms with E-state index in [1.165, 1.54) is 16.7 Å². The molecule has 0 aromatic carbocycles. The van der Waals surface area contributed by atoms with Crippen molar-refractivity contribution in [3.63, 3.8) is 0 Å². The molecule has 0 radical (unpaired) electrons. The predicted molar refractivity (Wildman–Crippen MR) is 154 cm³/mol. The Kier molecular flexibility index (Phi) is 8.55. The molecule has 5 rings (SSSR count). The molecule has 0 unspecified atom stereocenters. The number of aromatic nitrogens is 4. The molecule has 5 heterocycles. The topological polar surface area (TPSA) is 174 Å². The Morgan fingerprint density at radius 1 is 1.14 bits per heavy atom. The molecule has 0 bridgehead atoms. The summed E-state index contributed by atoms with van der Waals surface area (Å²) in [6, 6.07) is 4.84. The smallest absolute Gasteiger partial charge is 0.294 e. The van der Waals surface area contributed by atoms with E-state index in [1.807, 2.05) is 0 Å². The molecule has 3 aromatic heterocycles. The van der Waals surface area contributed by atoms with Crippen LogP contribution in [0.3, 0.4) is 0 Å². The van der Waals surface area contributed by atoms with E-state index in [1.54, 1.807) is 31.3 Å². The summed E-state index contributed by atoms with van der Waals surface area (Å²) in [5.41, 5.74) is 2.48. The summed E-state index contributed by atoms with van der Waals surface area (Å²) in [5, 5.41) is 43.3. The molecule has 3 atom stereocenters. The van der Waals surface area contributed by atoms with Crippen molar-refractivity contribution in [3.8, 4) is 0 Å². The van der Waals surface area contributed by atoms with E-state index in [9.17, 15) is 24.9 Å². The van der Waals surface area contributed by atoms with E-state index in [0.29, 0.717) is 40.1 Å². The van der Waals surface area contributed by atoms with E-state index < -0.39 is 30.8 Å². The van der Waals surface area contributed by atoms with Crippen LogP contribution in [-0.2, 0) is 4.74 Å². The maximum atomic E-state index is 13.2. The zero-order valence-electron chi connectivity index (χ0n) is 23.9. The van der Waals surface area contributed by atoms with Gasteiger partial charge in [0.25, 0.3) is 11.8 Å². The number of piperidine rings is 1. The normalized spacial score (nSPS) is 22.3. The van der Waals surface area contributed by atoms with Crippen LogP contribution in [0.4, 0.5) is 5.69 Å². The number of carbonyl (C=O) groups is 2. The molecule has 0 saturated carbocycles. The molecule has 2 aliphatic heterocycles. The number of aryl methyl sites for hydroxylation is 1. The fourth-order valence-electron chi connectivity index (χ4n) is 5.03. The van der Waals surface area contributed by atoms with Gasteiger partial charge in [-0.15, -0.1) is 10.2 Å². The number of carbonyl (C=O) groups excluding carboxylic acids is 2. The Hall–Kier alpha value is -3.91. The van der Waals surface area contributed by atoms with Crippen molar-refractivity contribution < 1.29 is 29.6 Å². The first-order chi connectivity index (χ1) is 20.0. The van der Waals surface area contributed by atoms with E-state index in [2.05, 4.69) is 44.6 Å². The molecule has 5 N–H and O–H groups in total. The summed E-state index contributed by atoms with van der Waals surface area (Å²) in [6.45, 7) is 9.17. The SMILES string of the molecule is Cc1ncc(C(=O)NCCN2CCC(C)(C)CC2)cc1NC(=O)c1nnc2cc(C3=C[C@@H](O)[C@H](O)[C@@H](CO)O3)ccn12. The average Bonchev–Trinajstić information content (AvgIpc) is 3.40. The minimum absolute atomic E-state index is 0.0118. The molecule has 2 aliphatic rings. The lowest BCUT2D eigenvalue weighted by Gasteiger charge is -2.36. The Morgan fingerprint density at radius 2 is 1.90 bits per heavy atom. The standard InChI is InChI=1S/C29H37N7O6/c1-17-20(12-19(15-31-17)27(40)30-7-11-35-9-5-29(2,3)6-10-35)32-28(41)26-34-33-24-13-18(4-8-36(24)26)22-14-21(38)25(39)23(16-37)42-22/h4,8,12-15,21,23,25,37-39H,5-7,9-11,16H2,1-3H3,(H,30,40)(H,32,41)/t21-,23-,25+/m1/s1. The predicted octanol–water partition coefficient (Wildman–Crippen LogP) is 0.991. The Labute approximate surface area is 243 Å². The Bertz CT molecular complexity index is 1490. The van der Waals surface area contributed by atoms with Crippen LogP contribution in [0.5, 0.6) is 0 Å². The van der Waals surface area contributed by atoms with Gasteiger partial charge in [-0.2, -0.15) is 0 Å². The van der Waals surface area contributed by atoms with E-state index in [0.717, 1.165) is 32.5 Å². The molecule has 0 spiro atoms. The van der Waals surface area contributed by atoms with Crippen molar-refractivity contribution in [1.82, 2.24) is 29.8 Å². The minimum atomic E-state index is -1.25. The molecule has 1 saturated heterocycles. The molecule has 3 aromatic rings. The van der Waals surface area contributed by atoms with Crippen LogP contribution in [0.15, 0.2) is 36.7 Å². The fraction of sp³-hybridized carbons (Fsp3) is 0.483. The first kappa shape index (κ1) is 29.6. The van der Waals surface area contributed by atoms with Gasteiger partial charge in [0.15, 0.2) is 11.8 Å². The van der Waals surface area contributed by atoms with Crippen LogP contribution in [0.2, 0.25) is 0 Å². The monoisotopic (exact) mass is 579 g/mol. The highest BCUT2D eigenvalue weighted by molar-refractivity contribution is 6.03. The van der Waals surface area contributed by atoms with Crippen LogP contribution >= 0.6 is 0 Å². The van der Waals surface area contributed by atoms with Gasteiger partial charge in [0.05, 0.1) is 23.6 Å². The van der Waals surface area contributed by atoms with Crippen LogP contribution in [0, 0.1) is 12.3 Å². The largest absolute Gasteiger partial charge is 0.485 e. The van der Waals surface area contributed by atoms with Crippen molar-refractivity contribution >= 4 is 28.9 Å². The van der Waals surface area contributed by atoms with Gasteiger partial charge in [-0.05, 0) is 62.5 Å². The van der Waals surface area contributed by atoms with Crippen LogP contribution in [-0.4, -0.2) is 103 Å². The van der Waals surface area contributed by atoms with Gasteiger partial charge in [-0.1, -0.05) is 13.8 Å². The lowest BCUT2D eigenvalue weighted by Crippen LogP contribution is -2.43. The van der Waals surface area contributed by atoms with Crippen molar-refractivity contribution in [3.05, 3.63) is 59.3 Å². The molecule has 2 amide bonds. The average molecular weight is 580 g/mol. The zero-order valence-corrected chi connectivity index (χ0v) is 23.9. The molecule has 13 heteroatoms. The molecule has 13 nitrogen and oxygen atoms in total. The van der Waals surface area contributed by atoms with Crippen molar-refractivity contribution in [1.29, 1.82) is 0 Å². The number of anilines is 1. The lowest BCUT2D eigenvalue weighted by molar-refractivity contribution is -0.0723. The summed E-state index contributed by atoms with van der Waals surface area (Å²) in [6.07, 6.45) is 3.25. The van der Waals surface area contributed by atoms with Gasteiger partial charge >= 0.3 is 0 Å². The van der Waals surface area contributed by atoms with Gasteiger partial charge in [-0.25, -0.2) is 0 Å². The summed E-state index contributed by atoms with van der Waals surface area (Å²) < 4.78 is 7.10. The minimum Gasteiger partial charge on any atom is -0.485 e. The summed E-state index contributed by atoms with van der Waals surface area (Å²) in [7, 11) is 0. The molecular formula is C29H37N7O6. The number of likely N-dealkylation sites (tertiary alicyclic amines) is 1. The van der Waals surface area contributed by atoms with Gasteiger partial charge in [0, 0.05) is 31.0 Å². The van der Waals surface area contributed by atoms with E-state index >= 15 is 0 Å². The lowest BCUT2D eigenvalue weighted by atomic mass is 9.83. The molecule has 224 valence electrons. The van der Waals surface area contributed by atoms with Gasteiger partial charge < -0.3 is 35.6 Å². The van der Waals surface area contributed by atoms with Gasteiger partial charge in [0.2, 0.25) is 5.82 Å². The third-order valence-electron chi connectivity index (χ3n) is 7.93. The van der Waals surface area contributed by atoms with Crippen LogP contribution in [0.25, 0.3) is 11.4 Å². The highest BCUT2D eigenvalue weighted by Crippen LogP contribution is 2.29. The van der Waals surface area contributed by atoms with Crippen molar-refractivity contribution in [2.45, 2.75) is 51.9 Å². The van der Waals surface area contributed by atoms with Crippen molar-refractivity contribution in [2.24, 2.45) is 5.41 Å². The number of hydrogen-bond donors (Lipinski definition) is 5. The first-order valence-corrected chi connectivity index (χ1v) is 14.0.